The van der Waals surface area contributed by atoms with Gasteiger partial charge in [0.25, 0.3) is 0 Å². The quantitative estimate of drug-likeness (QED) is 0.799. The lowest BCUT2D eigenvalue weighted by atomic mass is 9.78. The summed E-state index contributed by atoms with van der Waals surface area (Å²) in [5.41, 5.74) is 3.95. The van der Waals surface area contributed by atoms with Gasteiger partial charge in [0, 0.05) is 18.8 Å². The lowest BCUT2D eigenvalue weighted by molar-refractivity contribution is 0.231. The maximum absolute atomic E-state index is 4.37. The van der Waals surface area contributed by atoms with Gasteiger partial charge in [-0.2, -0.15) is 0 Å². The van der Waals surface area contributed by atoms with Crippen molar-refractivity contribution in [2.45, 2.75) is 25.8 Å². The van der Waals surface area contributed by atoms with Gasteiger partial charge in [-0.3, -0.25) is 0 Å². The highest BCUT2D eigenvalue weighted by molar-refractivity contribution is 9.10. The summed E-state index contributed by atoms with van der Waals surface area (Å²) in [4.78, 5) is 4.37. The second-order valence-electron chi connectivity index (χ2n) is 4.78. The Morgan fingerprint density at radius 3 is 3.00 bits per heavy atom. The number of nitrogens with zero attached hydrogens (tertiary/aromatic N) is 1. The van der Waals surface area contributed by atoms with Gasteiger partial charge in [-0.25, -0.2) is 4.98 Å². The molecule has 1 aromatic rings. The van der Waals surface area contributed by atoms with Crippen LogP contribution in [0.4, 0.5) is 0 Å². The number of pyridine rings is 1. The van der Waals surface area contributed by atoms with E-state index < -0.39 is 0 Å². The van der Waals surface area contributed by atoms with Crippen molar-refractivity contribution in [3.63, 3.8) is 0 Å². The lowest BCUT2D eigenvalue weighted by Gasteiger charge is -2.41. The number of rotatable bonds is 1. The zero-order chi connectivity index (χ0) is 11.1. The van der Waals surface area contributed by atoms with Gasteiger partial charge in [0.1, 0.15) is 4.60 Å². The molecule has 0 amide bonds. The third-order valence-corrected chi connectivity index (χ3v) is 4.53. The minimum absolute atomic E-state index is 0.712. The molecule has 2 aliphatic rings. The molecule has 3 rings (SSSR count). The molecule has 0 saturated carbocycles. The number of hydrogen-bond acceptors (Lipinski definition) is 2. The van der Waals surface area contributed by atoms with Crippen molar-refractivity contribution >= 4 is 21.5 Å². The molecule has 1 aliphatic heterocycles. The van der Waals surface area contributed by atoms with Crippen LogP contribution in [0.25, 0.3) is 5.57 Å². The zero-order valence-corrected chi connectivity index (χ0v) is 10.9. The molecule has 1 N–H and O–H groups in total. The second kappa shape index (κ2) is 3.97. The monoisotopic (exact) mass is 278 g/mol. The molecule has 1 fully saturated rings. The molecule has 2 nitrogen and oxygen atoms in total. The lowest BCUT2D eigenvalue weighted by Crippen LogP contribution is -2.53. The Balaban J connectivity index is 1.89. The Morgan fingerprint density at radius 2 is 2.38 bits per heavy atom. The highest BCUT2D eigenvalue weighted by atomic mass is 79.9. The van der Waals surface area contributed by atoms with Crippen molar-refractivity contribution in [1.29, 1.82) is 0 Å². The molecule has 0 radical (unpaired) electrons. The third kappa shape index (κ3) is 1.72. The number of allylic oxidation sites excluding steroid dienone is 1. The molecular weight excluding hydrogens is 264 g/mol. The number of hydrogen-bond donors (Lipinski definition) is 1. The third-order valence-electron chi connectivity index (χ3n) is 3.70. The predicted molar refractivity (Wildman–Crippen MR) is 69.2 cm³/mol. The van der Waals surface area contributed by atoms with Gasteiger partial charge in [-0.05, 0) is 64.4 Å². The zero-order valence-electron chi connectivity index (χ0n) is 9.33. The Kier molecular flexibility index (Phi) is 2.60. The largest absolute Gasteiger partial charge is 0.313 e. The highest BCUT2D eigenvalue weighted by Gasteiger charge is 2.32. The van der Waals surface area contributed by atoms with Gasteiger partial charge in [0.05, 0.1) is 0 Å². The van der Waals surface area contributed by atoms with E-state index in [1.807, 2.05) is 6.20 Å². The Morgan fingerprint density at radius 1 is 1.50 bits per heavy atom. The summed E-state index contributed by atoms with van der Waals surface area (Å²) in [6, 6.07) is 2.94. The first-order valence-corrected chi connectivity index (χ1v) is 6.58. The molecule has 0 unspecified atom stereocenters. The maximum atomic E-state index is 4.37. The van der Waals surface area contributed by atoms with Gasteiger partial charge in [-0.15, -0.1) is 0 Å². The summed E-state index contributed by atoms with van der Waals surface area (Å²) < 4.78 is 0.951. The molecular formula is C13H15BrN2. The van der Waals surface area contributed by atoms with Crippen LogP contribution in [0.15, 0.2) is 22.9 Å². The number of fused-ring (bicyclic) bond motifs is 1. The molecule has 0 spiro atoms. The Labute approximate surface area is 104 Å². The average Bonchev–Trinajstić information content (AvgIpc) is 2.24. The van der Waals surface area contributed by atoms with Crippen molar-refractivity contribution in [1.82, 2.24) is 10.3 Å². The van der Waals surface area contributed by atoms with Crippen molar-refractivity contribution in [3.8, 4) is 0 Å². The second-order valence-corrected chi connectivity index (χ2v) is 5.53. The van der Waals surface area contributed by atoms with E-state index in [-0.39, 0.29) is 0 Å². The van der Waals surface area contributed by atoms with E-state index in [0.29, 0.717) is 6.04 Å². The normalized spacial score (nSPS) is 28.0. The number of halogens is 1. The number of aromatic nitrogens is 1. The van der Waals surface area contributed by atoms with Crippen molar-refractivity contribution in [3.05, 3.63) is 34.1 Å². The first-order valence-electron chi connectivity index (χ1n) is 5.79. The molecule has 3 heteroatoms. The standard InChI is InChI=1S/C13H15BrN2/c1-8-4-11(7-16-13(8)14)9-2-3-10-6-15-12(10)5-9/h2,4,7,10,12,15H,3,5-6H2,1H3/t10-,12-/m0/s1. The van der Waals surface area contributed by atoms with E-state index in [9.17, 15) is 0 Å². The van der Waals surface area contributed by atoms with Crippen LogP contribution in [0.1, 0.15) is 24.0 Å². The van der Waals surface area contributed by atoms with Gasteiger partial charge in [0.2, 0.25) is 0 Å². The van der Waals surface area contributed by atoms with E-state index >= 15 is 0 Å². The van der Waals surface area contributed by atoms with E-state index in [1.165, 1.54) is 29.7 Å². The van der Waals surface area contributed by atoms with Gasteiger partial charge in [-0.1, -0.05) is 6.08 Å². The minimum atomic E-state index is 0.712. The molecule has 2 atom stereocenters. The first-order chi connectivity index (χ1) is 7.74. The molecule has 16 heavy (non-hydrogen) atoms. The van der Waals surface area contributed by atoms with E-state index in [0.717, 1.165) is 16.9 Å². The van der Waals surface area contributed by atoms with Crippen LogP contribution in [0.2, 0.25) is 0 Å². The Bertz CT molecular complexity index is 453. The van der Waals surface area contributed by atoms with Crippen molar-refractivity contribution < 1.29 is 0 Å². The topological polar surface area (TPSA) is 24.9 Å². The average molecular weight is 279 g/mol. The van der Waals surface area contributed by atoms with Crippen LogP contribution in [0, 0.1) is 12.8 Å². The van der Waals surface area contributed by atoms with Crippen LogP contribution < -0.4 is 5.32 Å². The fourth-order valence-electron chi connectivity index (χ4n) is 2.52. The molecule has 0 bridgehead atoms. The molecule has 1 aromatic heterocycles. The summed E-state index contributed by atoms with van der Waals surface area (Å²) >= 11 is 3.44. The van der Waals surface area contributed by atoms with Gasteiger partial charge < -0.3 is 5.32 Å². The summed E-state index contributed by atoms with van der Waals surface area (Å²) in [5.74, 6) is 0.883. The van der Waals surface area contributed by atoms with Crippen molar-refractivity contribution in [2.75, 3.05) is 6.54 Å². The summed E-state index contributed by atoms with van der Waals surface area (Å²) in [6.45, 7) is 3.29. The van der Waals surface area contributed by atoms with Crippen LogP contribution in [-0.4, -0.2) is 17.6 Å². The maximum Gasteiger partial charge on any atom is 0.109 e. The van der Waals surface area contributed by atoms with E-state index in [2.05, 4.69) is 45.3 Å². The minimum Gasteiger partial charge on any atom is -0.313 e. The van der Waals surface area contributed by atoms with Crippen LogP contribution >= 0.6 is 15.9 Å². The molecule has 2 heterocycles. The Hall–Kier alpha value is -0.670. The first kappa shape index (κ1) is 10.5. The van der Waals surface area contributed by atoms with Crippen molar-refractivity contribution in [2.24, 2.45) is 5.92 Å². The fourth-order valence-corrected chi connectivity index (χ4v) is 2.74. The predicted octanol–water partition coefficient (Wildman–Crippen LogP) is 2.92. The van der Waals surface area contributed by atoms with Crippen LogP contribution in [0.3, 0.4) is 0 Å². The fraction of sp³-hybridized carbons (Fsp3) is 0.462. The molecule has 1 saturated heterocycles. The number of aryl methyl sites for hydroxylation is 1. The SMILES string of the molecule is Cc1cc(C2=CC[C@H]3CN[C@H]3C2)cnc1Br. The summed E-state index contributed by atoms with van der Waals surface area (Å²) in [6.07, 6.45) is 6.75. The molecule has 0 aromatic carbocycles. The van der Waals surface area contributed by atoms with Crippen LogP contribution in [-0.2, 0) is 0 Å². The smallest absolute Gasteiger partial charge is 0.109 e. The van der Waals surface area contributed by atoms with E-state index in [4.69, 9.17) is 0 Å². The number of nitrogens with one attached hydrogen (secondary N) is 1. The highest BCUT2D eigenvalue weighted by Crippen LogP contribution is 2.34. The van der Waals surface area contributed by atoms with Gasteiger partial charge >= 0.3 is 0 Å². The summed E-state index contributed by atoms with van der Waals surface area (Å²) in [7, 11) is 0. The summed E-state index contributed by atoms with van der Waals surface area (Å²) in [5, 5.41) is 3.50. The van der Waals surface area contributed by atoms with Gasteiger partial charge in [0.15, 0.2) is 0 Å². The molecule has 84 valence electrons. The molecule has 1 aliphatic carbocycles. The van der Waals surface area contributed by atoms with E-state index in [1.54, 1.807) is 0 Å². The van der Waals surface area contributed by atoms with Crippen LogP contribution in [0.5, 0.6) is 0 Å².